The van der Waals surface area contributed by atoms with Gasteiger partial charge in [-0.15, -0.1) is 0 Å². The summed E-state index contributed by atoms with van der Waals surface area (Å²) in [5, 5.41) is 0. The van der Waals surface area contributed by atoms with Crippen LogP contribution in [0.15, 0.2) is 77.3 Å². The Balaban J connectivity index is 1.57. The number of benzene rings is 3. The van der Waals surface area contributed by atoms with Crippen LogP contribution in [-0.2, 0) is 10.2 Å². The summed E-state index contributed by atoms with van der Waals surface area (Å²) in [7, 11) is 0. The van der Waals surface area contributed by atoms with E-state index < -0.39 is 5.97 Å². The van der Waals surface area contributed by atoms with Gasteiger partial charge in [0.05, 0.1) is 4.47 Å². The van der Waals surface area contributed by atoms with Gasteiger partial charge in [-0.05, 0) is 63.3 Å². The molecule has 3 aromatic carbocycles. The molecule has 0 radical (unpaired) electrons. The topological polar surface area (TPSA) is 52.6 Å². The second kappa shape index (κ2) is 9.26. The van der Waals surface area contributed by atoms with Crippen LogP contribution in [0.1, 0.15) is 42.3 Å². The Kier molecular flexibility index (Phi) is 6.73. The van der Waals surface area contributed by atoms with Crippen LogP contribution >= 0.6 is 15.9 Å². The van der Waals surface area contributed by atoms with Crippen LogP contribution in [0.25, 0.3) is 0 Å². The highest BCUT2D eigenvalue weighted by atomic mass is 79.9. The van der Waals surface area contributed by atoms with Crippen LogP contribution in [0.5, 0.6) is 11.5 Å². The van der Waals surface area contributed by atoms with E-state index in [1.807, 2.05) is 36.4 Å². The Bertz CT molecular complexity index is 1030. The van der Waals surface area contributed by atoms with Gasteiger partial charge in [0.2, 0.25) is 0 Å². The van der Waals surface area contributed by atoms with Crippen molar-refractivity contribution in [3.63, 3.8) is 0 Å². The third-order valence-corrected chi connectivity index (χ3v) is 5.15. The molecule has 154 valence electrons. The number of esters is 1. The smallest absolute Gasteiger partial charge is 0.349 e. The van der Waals surface area contributed by atoms with Crippen molar-refractivity contribution in [2.24, 2.45) is 0 Å². The summed E-state index contributed by atoms with van der Waals surface area (Å²) in [5.41, 5.74) is 2.32. The number of rotatable bonds is 6. The molecular weight excluding hydrogens is 444 g/mol. The molecule has 0 aliphatic carbocycles. The summed E-state index contributed by atoms with van der Waals surface area (Å²) in [4.78, 5) is 24.6. The normalized spacial score (nSPS) is 11.1. The molecule has 0 amide bonds. The van der Waals surface area contributed by atoms with Crippen molar-refractivity contribution < 1.29 is 19.1 Å². The van der Waals surface area contributed by atoms with Crippen molar-refractivity contribution in [3.05, 3.63) is 94.0 Å². The van der Waals surface area contributed by atoms with E-state index in [9.17, 15) is 9.59 Å². The predicted molar refractivity (Wildman–Crippen MR) is 120 cm³/mol. The van der Waals surface area contributed by atoms with Gasteiger partial charge in [-0.3, -0.25) is 4.79 Å². The molecule has 0 atom stereocenters. The Hall–Kier alpha value is -2.92. The maximum Gasteiger partial charge on any atom is 0.349 e. The molecule has 0 unspecified atom stereocenters. The molecule has 0 heterocycles. The van der Waals surface area contributed by atoms with Crippen LogP contribution in [-0.4, -0.2) is 18.4 Å². The largest absolute Gasteiger partial charge is 0.481 e. The fourth-order valence-corrected chi connectivity index (χ4v) is 3.31. The first-order chi connectivity index (χ1) is 14.2. The summed E-state index contributed by atoms with van der Waals surface area (Å²) in [5.74, 6) is 0.323. The number of hydrogen-bond donors (Lipinski definition) is 0. The lowest BCUT2D eigenvalue weighted by Gasteiger charge is -2.20. The lowest BCUT2D eigenvalue weighted by molar-refractivity contribution is -0.136. The predicted octanol–water partition coefficient (Wildman–Crippen LogP) is 5.96. The van der Waals surface area contributed by atoms with Gasteiger partial charge in [-0.1, -0.05) is 57.2 Å². The van der Waals surface area contributed by atoms with Gasteiger partial charge in [-0.25, -0.2) is 4.79 Å². The lowest BCUT2D eigenvalue weighted by Crippen LogP contribution is -2.18. The first-order valence-corrected chi connectivity index (χ1v) is 10.4. The minimum atomic E-state index is -0.524. The Morgan fingerprint density at radius 3 is 2.10 bits per heavy atom. The van der Waals surface area contributed by atoms with Gasteiger partial charge < -0.3 is 9.47 Å². The maximum absolute atomic E-state index is 12.4. The van der Waals surface area contributed by atoms with E-state index in [2.05, 4.69) is 36.7 Å². The molecule has 0 spiro atoms. The number of halogens is 1. The van der Waals surface area contributed by atoms with Crippen molar-refractivity contribution in [1.82, 2.24) is 0 Å². The fraction of sp³-hybridized carbons (Fsp3) is 0.200. The van der Waals surface area contributed by atoms with Crippen molar-refractivity contribution in [2.45, 2.75) is 26.2 Å². The fourth-order valence-electron chi connectivity index (χ4n) is 2.81. The van der Waals surface area contributed by atoms with Crippen molar-refractivity contribution in [1.29, 1.82) is 0 Å². The van der Waals surface area contributed by atoms with E-state index >= 15 is 0 Å². The highest BCUT2D eigenvalue weighted by Gasteiger charge is 2.16. The zero-order valence-electron chi connectivity index (χ0n) is 17.1. The SMILES string of the molecule is CC(C)(C)c1ccc(OCC(=O)Oc2ccc(C(=O)c3ccccc3)cc2)c(Br)c1. The van der Waals surface area contributed by atoms with Gasteiger partial charge >= 0.3 is 5.97 Å². The number of ether oxygens (including phenoxy) is 2. The summed E-state index contributed by atoms with van der Waals surface area (Å²) in [6, 6.07) is 21.3. The Labute approximate surface area is 185 Å². The van der Waals surface area contributed by atoms with Gasteiger partial charge in [-0.2, -0.15) is 0 Å². The molecule has 0 saturated carbocycles. The molecule has 3 rings (SSSR count). The minimum Gasteiger partial charge on any atom is -0.481 e. The Morgan fingerprint density at radius 1 is 0.867 bits per heavy atom. The van der Waals surface area contributed by atoms with E-state index in [0.29, 0.717) is 22.6 Å². The third-order valence-electron chi connectivity index (χ3n) is 4.53. The number of carbonyl (C=O) groups is 2. The summed E-state index contributed by atoms with van der Waals surface area (Å²) in [6.45, 7) is 6.17. The van der Waals surface area contributed by atoms with Crippen molar-refractivity contribution >= 4 is 27.7 Å². The molecular formula is C25H23BrO4. The Morgan fingerprint density at radius 2 is 1.50 bits per heavy atom. The zero-order valence-corrected chi connectivity index (χ0v) is 18.7. The summed E-state index contributed by atoms with van der Waals surface area (Å²) < 4.78 is 11.7. The second-order valence-corrected chi connectivity index (χ2v) is 8.73. The molecule has 0 aliphatic heterocycles. The molecule has 5 heteroatoms. The van der Waals surface area contributed by atoms with Crippen LogP contribution in [0.3, 0.4) is 0 Å². The number of ketones is 1. The van der Waals surface area contributed by atoms with Gasteiger partial charge in [0.1, 0.15) is 11.5 Å². The van der Waals surface area contributed by atoms with Crippen LogP contribution in [0, 0.1) is 0 Å². The van der Waals surface area contributed by atoms with Gasteiger partial charge in [0, 0.05) is 11.1 Å². The van der Waals surface area contributed by atoms with Crippen molar-refractivity contribution in [2.75, 3.05) is 6.61 Å². The van der Waals surface area contributed by atoms with E-state index in [1.54, 1.807) is 36.4 Å². The van der Waals surface area contributed by atoms with Crippen LogP contribution in [0.4, 0.5) is 0 Å². The zero-order chi connectivity index (χ0) is 21.7. The van der Waals surface area contributed by atoms with Gasteiger partial charge in [0.25, 0.3) is 0 Å². The second-order valence-electron chi connectivity index (χ2n) is 7.88. The summed E-state index contributed by atoms with van der Waals surface area (Å²) >= 11 is 3.49. The van der Waals surface area contributed by atoms with E-state index in [1.165, 1.54) is 0 Å². The number of carbonyl (C=O) groups excluding carboxylic acids is 2. The molecule has 3 aromatic rings. The minimum absolute atomic E-state index is 0.0219. The molecule has 30 heavy (non-hydrogen) atoms. The molecule has 0 N–H and O–H groups in total. The molecule has 0 aliphatic rings. The highest BCUT2D eigenvalue weighted by Crippen LogP contribution is 2.31. The molecule has 4 nitrogen and oxygen atoms in total. The van der Waals surface area contributed by atoms with E-state index in [4.69, 9.17) is 9.47 Å². The average Bonchev–Trinajstić information content (AvgIpc) is 2.73. The molecule has 0 fully saturated rings. The lowest BCUT2D eigenvalue weighted by atomic mass is 9.87. The third kappa shape index (κ3) is 5.57. The molecule has 0 aromatic heterocycles. The average molecular weight is 467 g/mol. The first kappa shape index (κ1) is 21.8. The van der Waals surface area contributed by atoms with E-state index in [-0.39, 0.29) is 17.8 Å². The molecule has 0 saturated heterocycles. The maximum atomic E-state index is 12.4. The van der Waals surface area contributed by atoms with Crippen LogP contribution in [0.2, 0.25) is 0 Å². The van der Waals surface area contributed by atoms with Gasteiger partial charge in [0.15, 0.2) is 12.4 Å². The van der Waals surface area contributed by atoms with Crippen LogP contribution < -0.4 is 9.47 Å². The monoisotopic (exact) mass is 466 g/mol. The molecule has 0 bridgehead atoms. The van der Waals surface area contributed by atoms with E-state index in [0.717, 1.165) is 10.0 Å². The quantitative estimate of drug-likeness (QED) is 0.255. The standard InChI is InChI=1S/C25H23BrO4/c1-25(2,3)19-11-14-22(21(26)15-19)29-16-23(27)30-20-12-9-18(10-13-20)24(28)17-7-5-4-6-8-17/h4-15H,16H2,1-3H3. The summed E-state index contributed by atoms with van der Waals surface area (Å²) in [6.07, 6.45) is 0. The first-order valence-electron chi connectivity index (χ1n) is 9.57. The highest BCUT2D eigenvalue weighted by molar-refractivity contribution is 9.10. The van der Waals surface area contributed by atoms with Crippen molar-refractivity contribution in [3.8, 4) is 11.5 Å². The number of hydrogen-bond acceptors (Lipinski definition) is 4.